The molecule has 1 N–H and O–H groups in total. The minimum Gasteiger partial charge on any atom is -0.497 e. The van der Waals surface area contributed by atoms with E-state index in [1.54, 1.807) is 65.6 Å². The largest absolute Gasteiger partial charge is 0.497 e. The number of ether oxygens (including phenoxy) is 1. The zero-order valence-corrected chi connectivity index (χ0v) is 21.1. The van der Waals surface area contributed by atoms with Crippen LogP contribution in [0.15, 0.2) is 77.7 Å². The van der Waals surface area contributed by atoms with Crippen LogP contribution in [0.3, 0.4) is 0 Å². The third-order valence-electron chi connectivity index (χ3n) is 6.06. The van der Waals surface area contributed by atoms with Crippen molar-refractivity contribution in [1.29, 1.82) is 0 Å². The van der Waals surface area contributed by atoms with E-state index in [0.717, 1.165) is 22.7 Å². The van der Waals surface area contributed by atoms with Crippen LogP contribution in [0.25, 0.3) is 0 Å². The van der Waals surface area contributed by atoms with Crippen molar-refractivity contribution in [1.82, 2.24) is 4.90 Å². The lowest BCUT2D eigenvalue weighted by Gasteiger charge is -2.25. The maximum atomic E-state index is 13.6. The van der Waals surface area contributed by atoms with Gasteiger partial charge in [-0.3, -0.25) is 13.9 Å². The first-order chi connectivity index (χ1) is 17.3. The van der Waals surface area contributed by atoms with E-state index in [4.69, 9.17) is 4.74 Å². The van der Waals surface area contributed by atoms with Gasteiger partial charge in [-0.2, -0.15) is 0 Å². The van der Waals surface area contributed by atoms with Crippen LogP contribution in [0.2, 0.25) is 0 Å². The molecule has 0 atom stereocenters. The van der Waals surface area contributed by atoms with Gasteiger partial charge in [-0.25, -0.2) is 8.42 Å². The van der Waals surface area contributed by atoms with Gasteiger partial charge in [0.15, 0.2) is 0 Å². The third-order valence-corrected chi connectivity index (χ3v) is 7.85. The maximum absolute atomic E-state index is 13.6. The van der Waals surface area contributed by atoms with Gasteiger partial charge in [-0.15, -0.1) is 0 Å². The summed E-state index contributed by atoms with van der Waals surface area (Å²) in [5.41, 5.74) is 1.92. The minimum atomic E-state index is -4.08. The summed E-state index contributed by atoms with van der Waals surface area (Å²) in [4.78, 5) is 28.0. The Morgan fingerprint density at radius 1 is 0.972 bits per heavy atom. The normalized spacial score (nSPS) is 13.3. The molecule has 188 valence electrons. The van der Waals surface area contributed by atoms with Crippen LogP contribution in [0.1, 0.15) is 28.8 Å². The van der Waals surface area contributed by atoms with Crippen molar-refractivity contribution in [3.05, 3.63) is 83.9 Å². The fourth-order valence-electron chi connectivity index (χ4n) is 4.11. The summed E-state index contributed by atoms with van der Waals surface area (Å²) in [6.07, 6.45) is 1.90. The van der Waals surface area contributed by atoms with Crippen LogP contribution in [-0.4, -0.2) is 51.9 Å². The molecular formula is C27H29N3O5S. The average molecular weight is 508 g/mol. The zero-order chi connectivity index (χ0) is 25.7. The first-order valence-electron chi connectivity index (χ1n) is 11.7. The summed E-state index contributed by atoms with van der Waals surface area (Å²) in [6, 6.07) is 19.7. The van der Waals surface area contributed by atoms with Gasteiger partial charge >= 0.3 is 0 Å². The second-order valence-corrected chi connectivity index (χ2v) is 10.5. The molecule has 1 aliphatic heterocycles. The van der Waals surface area contributed by atoms with E-state index in [2.05, 4.69) is 5.32 Å². The Bertz CT molecular complexity index is 1350. The minimum absolute atomic E-state index is 0.0633. The number of hydrogen-bond acceptors (Lipinski definition) is 5. The van der Waals surface area contributed by atoms with Gasteiger partial charge in [0.05, 0.1) is 28.9 Å². The number of carbonyl (C=O) groups is 2. The van der Waals surface area contributed by atoms with Gasteiger partial charge < -0.3 is 15.0 Å². The summed E-state index contributed by atoms with van der Waals surface area (Å²) in [6.45, 7) is 2.74. The Morgan fingerprint density at radius 3 is 2.36 bits per heavy atom. The Hall–Kier alpha value is -3.85. The lowest BCUT2D eigenvalue weighted by atomic mass is 10.1. The smallest absolute Gasteiger partial charge is 0.264 e. The van der Waals surface area contributed by atoms with Gasteiger partial charge in [0.25, 0.3) is 15.9 Å². The first-order valence-corrected chi connectivity index (χ1v) is 13.2. The Balaban J connectivity index is 1.64. The average Bonchev–Trinajstić information content (AvgIpc) is 3.42. The van der Waals surface area contributed by atoms with E-state index >= 15 is 0 Å². The molecule has 1 fully saturated rings. The number of nitrogens with one attached hydrogen (secondary N) is 1. The van der Waals surface area contributed by atoms with Crippen molar-refractivity contribution in [3.63, 3.8) is 0 Å². The predicted molar refractivity (Wildman–Crippen MR) is 139 cm³/mol. The van der Waals surface area contributed by atoms with E-state index in [9.17, 15) is 18.0 Å². The monoisotopic (exact) mass is 507 g/mol. The molecule has 1 saturated heterocycles. The molecule has 4 rings (SSSR count). The van der Waals surface area contributed by atoms with Crippen molar-refractivity contribution >= 4 is 33.2 Å². The number of amides is 2. The van der Waals surface area contributed by atoms with Crippen molar-refractivity contribution < 1.29 is 22.7 Å². The number of methoxy groups -OCH3 is 1. The SMILES string of the molecule is COc1cccc(N(CC(=O)Nc2ccccc2C(=O)N2CCCC2)S(=O)(=O)c2ccc(C)cc2)c1. The number of sulfonamides is 1. The number of likely N-dealkylation sites (tertiary alicyclic amines) is 1. The molecule has 0 aliphatic carbocycles. The molecule has 1 heterocycles. The van der Waals surface area contributed by atoms with Crippen molar-refractivity contribution in [2.24, 2.45) is 0 Å². The fourth-order valence-corrected chi connectivity index (χ4v) is 5.52. The number of para-hydroxylation sites is 1. The molecular weight excluding hydrogens is 478 g/mol. The third kappa shape index (κ3) is 5.52. The van der Waals surface area contributed by atoms with Gasteiger partial charge in [0.1, 0.15) is 12.3 Å². The molecule has 0 unspecified atom stereocenters. The van der Waals surface area contributed by atoms with Crippen LogP contribution >= 0.6 is 0 Å². The van der Waals surface area contributed by atoms with E-state index in [1.807, 2.05) is 6.92 Å². The highest BCUT2D eigenvalue weighted by atomic mass is 32.2. The molecule has 0 aromatic heterocycles. The summed E-state index contributed by atoms with van der Waals surface area (Å²) in [7, 11) is -2.60. The van der Waals surface area contributed by atoms with Gasteiger partial charge in [-0.05, 0) is 56.2 Å². The molecule has 9 heteroatoms. The van der Waals surface area contributed by atoms with E-state index in [1.165, 1.54) is 19.2 Å². The number of aryl methyl sites for hydroxylation is 1. The number of nitrogens with zero attached hydrogens (tertiary/aromatic N) is 2. The lowest BCUT2D eigenvalue weighted by Crippen LogP contribution is -2.38. The van der Waals surface area contributed by atoms with Crippen molar-refractivity contribution in [2.75, 3.05) is 36.4 Å². The molecule has 2 amide bonds. The van der Waals surface area contributed by atoms with Gasteiger partial charge in [0, 0.05) is 19.2 Å². The van der Waals surface area contributed by atoms with Crippen LogP contribution < -0.4 is 14.4 Å². The number of anilines is 2. The standard InChI is InChI=1S/C27H29N3O5S/c1-20-12-14-23(15-13-20)36(33,34)30(21-8-7-9-22(18-21)35-2)19-26(31)28-25-11-4-3-10-24(25)27(32)29-16-5-6-17-29/h3-4,7-15,18H,5-6,16-17,19H2,1-2H3,(H,28,31). The zero-order valence-electron chi connectivity index (χ0n) is 20.3. The van der Waals surface area contributed by atoms with Crippen LogP contribution in [0, 0.1) is 6.92 Å². The van der Waals surface area contributed by atoms with Crippen LogP contribution in [0.4, 0.5) is 11.4 Å². The second kappa shape index (κ2) is 10.8. The summed E-state index contributed by atoms with van der Waals surface area (Å²) < 4.78 is 33.6. The second-order valence-electron chi connectivity index (χ2n) is 8.62. The Labute approximate surface area is 211 Å². The summed E-state index contributed by atoms with van der Waals surface area (Å²) >= 11 is 0. The van der Waals surface area contributed by atoms with Gasteiger partial charge in [-0.1, -0.05) is 35.9 Å². The number of carbonyl (C=O) groups excluding carboxylic acids is 2. The molecule has 0 radical (unpaired) electrons. The topological polar surface area (TPSA) is 96.0 Å². The van der Waals surface area contributed by atoms with Crippen molar-refractivity contribution in [3.8, 4) is 5.75 Å². The van der Waals surface area contributed by atoms with E-state index in [-0.39, 0.29) is 16.5 Å². The summed E-state index contributed by atoms with van der Waals surface area (Å²) in [5, 5.41) is 2.75. The first kappa shape index (κ1) is 25.2. The summed E-state index contributed by atoms with van der Waals surface area (Å²) in [5.74, 6) is -0.269. The molecule has 3 aromatic carbocycles. The van der Waals surface area contributed by atoms with Crippen LogP contribution in [-0.2, 0) is 14.8 Å². The predicted octanol–water partition coefficient (Wildman–Crippen LogP) is 4.07. The van der Waals surface area contributed by atoms with Gasteiger partial charge in [0.2, 0.25) is 5.91 Å². The highest BCUT2D eigenvalue weighted by Gasteiger charge is 2.28. The number of hydrogen-bond donors (Lipinski definition) is 1. The number of benzene rings is 3. The van der Waals surface area contributed by atoms with E-state index in [0.29, 0.717) is 30.1 Å². The highest BCUT2D eigenvalue weighted by molar-refractivity contribution is 7.92. The highest BCUT2D eigenvalue weighted by Crippen LogP contribution is 2.28. The van der Waals surface area contributed by atoms with Crippen LogP contribution in [0.5, 0.6) is 5.75 Å². The molecule has 0 spiro atoms. The molecule has 0 bridgehead atoms. The Kier molecular flexibility index (Phi) is 7.59. The van der Waals surface area contributed by atoms with E-state index < -0.39 is 22.5 Å². The fraction of sp³-hybridized carbons (Fsp3) is 0.259. The lowest BCUT2D eigenvalue weighted by molar-refractivity contribution is -0.114. The maximum Gasteiger partial charge on any atom is 0.264 e. The number of rotatable bonds is 8. The quantitative estimate of drug-likeness (QED) is 0.496. The molecule has 36 heavy (non-hydrogen) atoms. The molecule has 1 aliphatic rings. The Morgan fingerprint density at radius 2 is 1.67 bits per heavy atom. The molecule has 3 aromatic rings. The molecule has 0 saturated carbocycles. The van der Waals surface area contributed by atoms with Crippen molar-refractivity contribution in [2.45, 2.75) is 24.7 Å². The molecule has 8 nitrogen and oxygen atoms in total.